The third kappa shape index (κ3) is 4.02. The number of rotatable bonds is 6. The van der Waals surface area contributed by atoms with Gasteiger partial charge in [-0.2, -0.15) is 0 Å². The van der Waals surface area contributed by atoms with Gasteiger partial charge in [0, 0.05) is 17.1 Å². The topological polar surface area (TPSA) is 58.6 Å². The van der Waals surface area contributed by atoms with Gasteiger partial charge in [-0.3, -0.25) is 0 Å². The van der Waals surface area contributed by atoms with Crippen molar-refractivity contribution in [3.8, 4) is 5.75 Å². The first-order valence-corrected chi connectivity index (χ1v) is 10.1. The molecule has 0 aromatic heterocycles. The van der Waals surface area contributed by atoms with E-state index in [-0.39, 0.29) is 16.2 Å². The average Bonchev–Trinajstić information content (AvgIpc) is 2.95. The summed E-state index contributed by atoms with van der Waals surface area (Å²) in [5.41, 5.74) is -0.129. The Morgan fingerprint density at radius 3 is 2.48 bits per heavy atom. The van der Waals surface area contributed by atoms with E-state index in [9.17, 15) is 8.42 Å². The van der Waals surface area contributed by atoms with Crippen molar-refractivity contribution >= 4 is 37.6 Å². The summed E-state index contributed by atoms with van der Waals surface area (Å²) in [7, 11) is 1.70. The maximum Gasteiger partial charge on any atom is 0.244 e. The van der Waals surface area contributed by atoms with Crippen LogP contribution in [0.3, 0.4) is 0 Å². The lowest BCUT2D eigenvalue weighted by molar-refractivity contribution is 0.162. The van der Waals surface area contributed by atoms with Crippen molar-refractivity contribution in [3.05, 3.63) is 21.6 Å². The number of ether oxygens (including phenoxy) is 1. The average molecular weight is 426 g/mol. The van der Waals surface area contributed by atoms with Crippen molar-refractivity contribution < 1.29 is 13.2 Å². The Bertz CT molecular complexity index is 674. The van der Waals surface area contributed by atoms with Gasteiger partial charge in [0.25, 0.3) is 0 Å². The van der Waals surface area contributed by atoms with Gasteiger partial charge in [0.2, 0.25) is 10.0 Å². The first-order valence-electron chi connectivity index (χ1n) is 7.42. The summed E-state index contributed by atoms with van der Waals surface area (Å²) in [4.78, 5) is 2.17. The molecule has 0 heterocycles. The normalized spacial score (nSPS) is 17.7. The predicted octanol–water partition coefficient (Wildman–Crippen LogP) is 3.26. The van der Waals surface area contributed by atoms with Crippen molar-refractivity contribution in [2.24, 2.45) is 0 Å². The fourth-order valence-corrected chi connectivity index (χ4v) is 5.56. The van der Waals surface area contributed by atoms with Crippen LogP contribution in [0.1, 0.15) is 25.7 Å². The molecule has 0 aliphatic heterocycles. The highest BCUT2D eigenvalue weighted by Crippen LogP contribution is 2.37. The predicted molar refractivity (Wildman–Crippen MR) is 95.8 cm³/mol. The van der Waals surface area contributed by atoms with Crippen molar-refractivity contribution in [2.75, 3.05) is 27.7 Å². The van der Waals surface area contributed by atoms with Crippen LogP contribution < -0.4 is 9.46 Å². The molecular formula is C15H22BrClN2O3S. The van der Waals surface area contributed by atoms with Crippen LogP contribution in [-0.4, -0.2) is 46.6 Å². The van der Waals surface area contributed by atoms with Crippen molar-refractivity contribution in [1.29, 1.82) is 0 Å². The molecule has 1 aromatic carbocycles. The maximum absolute atomic E-state index is 12.7. The smallest absolute Gasteiger partial charge is 0.244 e. The lowest BCUT2D eigenvalue weighted by Gasteiger charge is -2.36. The zero-order chi connectivity index (χ0) is 17.3. The zero-order valence-corrected chi connectivity index (χ0v) is 16.7. The first kappa shape index (κ1) is 19.0. The SMILES string of the molecule is COc1c(Br)cc(Cl)cc1S(=O)(=O)NCC1(N(C)C)CCCC1. The highest BCUT2D eigenvalue weighted by Gasteiger charge is 2.37. The molecule has 0 atom stereocenters. The van der Waals surface area contributed by atoms with Crippen LogP contribution in [0.4, 0.5) is 0 Å². The van der Waals surface area contributed by atoms with Gasteiger partial charge in [-0.05, 0) is 55.0 Å². The van der Waals surface area contributed by atoms with E-state index < -0.39 is 10.0 Å². The fraction of sp³-hybridized carbons (Fsp3) is 0.600. The standard InChI is InChI=1S/C15H22BrClN2O3S/c1-19(2)15(6-4-5-7-15)10-18-23(20,21)13-9-11(17)8-12(16)14(13)22-3/h8-9,18H,4-7,10H2,1-3H3. The first-order chi connectivity index (χ1) is 10.7. The molecule has 1 aromatic rings. The van der Waals surface area contributed by atoms with Gasteiger partial charge >= 0.3 is 0 Å². The van der Waals surface area contributed by atoms with E-state index in [1.807, 2.05) is 14.1 Å². The van der Waals surface area contributed by atoms with Gasteiger partial charge in [-0.1, -0.05) is 24.4 Å². The second kappa shape index (κ2) is 7.27. The molecule has 130 valence electrons. The molecule has 2 rings (SSSR count). The van der Waals surface area contributed by atoms with E-state index in [0.717, 1.165) is 25.7 Å². The van der Waals surface area contributed by atoms with Crippen LogP contribution in [0, 0.1) is 0 Å². The van der Waals surface area contributed by atoms with Crippen molar-refractivity contribution in [2.45, 2.75) is 36.1 Å². The molecule has 1 fully saturated rings. The number of methoxy groups -OCH3 is 1. The molecule has 0 unspecified atom stereocenters. The summed E-state index contributed by atoms with van der Waals surface area (Å²) in [5, 5.41) is 0.334. The van der Waals surface area contributed by atoms with Crippen LogP contribution in [0.2, 0.25) is 5.02 Å². The molecule has 0 spiro atoms. The van der Waals surface area contributed by atoms with Crippen LogP contribution in [-0.2, 0) is 10.0 Å². The third-order valence-electron chi connectivity index (χ3n) is 4.54. The quantitative estimate of drug-likeness (QED) is 0.760. The minimum absolute atomic E-state index is 0.0475. The fourth-order valence-electron chi connectivity index (χ4n) is 3.06. The van der Waals surface area contributed by atoms with Crippen molar-refractivity contribution in [1.82, 2.24) is 9.62 Å². The van der Waals surface area contributed by atoms with E-state index in [1.54, 1.807) is 6.07 Å². The molecule has 0 bridgehead atoms. The molecule has 23 heavy (non-hydrogen) atoms. The number of likely N-dealkylation sites (N-methyl/N-ethyl adjacent to an activating group) is 1. The van der Waals surface area contributed by atoms with Gasteiger partial charge < -0.3 is 9.64 Å². The Balaban J connectivity index is 2.29. The Labute approximate surface area is 151 Å². The summed E-state index contributed by atoms with van der Waals surface area (Å²) in [6, 6.07) is 3.02. The highest BCUT2D eigenvalue weighted by molar-refractivity contribution is 9.10. The molecule has 8 heteroatoms. The zero-order valence-electron chi connectivity index (χ0n) is 13.5. The summed E-state index contributed by atoms with van der Waals surface area (Å²) in [6.45, 7) is 0.371. The summed E-state index contributed by atoms with van der Waals surface area (Å²) < 4.78 is 34.0. The maximum atomic E-state index is 12.7. The number of benzene rings is 1. The lowest BCUT2D eigenvalue weighted by Crippen LogP contribution is -2.50. The van der Waals surface area contributed by atoms with Crippen LogP contribution in [0.15, 0.2) is 21.5 Å². The van der Waals surface area contributed by atoms with Gasteiger partial charge in [0.05, 0.1) is 11.6 Å². The van der Waals surface area contributed by atoms with E-state index in [4.69, 9.17) is 16.3 Å². The van der Waals surface area contributed by atoms with E-state index in [0.29, 0.717) is 16.0 Å². The van der Waals surface area contributed by atoms with Crippen LogP contribution >= 0.6 is 27.5 Å². The Morgan fingerprint density at radius 2 is 1.96 bits per heavy atom. The molecular weight excluding hydrogens is 404 g/mol. The molecule has 0 saturated heterocycles. The van der Waals surface area contributed by atoms with E-state index in [1.165, 1.54) is 13.2 Å². The van der Waals surface area contributed by atoms with E-state index in [2.05, 4.69) is 25.6 Å². The Kier molecular flexibility index (Phi) is 6.00. The van der Waals surface area contributed by atoms with E-state index >= 15 is 0 Å². The van der Waals surface area contributed by atoms with Crippen LogP contribution in [0.5, 0.6) is 5.75 Å². The minimum atomic E-state index is -3.72. The third-order valence-corrected chi connectivity index (χ3v) is 6.76. The molecule has 1 aliphatic carbocycles. The number of hydrogen-bond acceptors (Lipinski definition) is 4. The van der Waals surface area contributed by atoms with Gasteiger partial charge in [0.1, 0.15) is 4.90 Å². The van der Waals surface area contributed by atoms with Crippen molar-refractivity contribution in [3.63, 3.8) is 0 Å². The number of sulfonamides is 1. The minimum Gasteiger partial charge on any atom is -0.494 e. The van der Waals surface area contributed by atoms with Gasteiger partial charge in [-0.15, -0.1) is 0 Å². The highest BCUT2D eigenvalue weighted by atomic mass is 79.9. The Hall–Kier alpha value is -0.340. The largest absolute Gasteiger partial charge is 0.494 e. The molecule has 5 nitrogen and oxygen atoms in total. The van der Waals surface area contributed by atoms with Gasteiger partial charge in [0.15, 0.2) is 5.75 Å². The summed E-state index contributed by atoms with van der Waals surface area (Å²) in [6.07, 6.45) is 4.20. The molecule has 0 amide bonds. The van der Waals surface area contributed by atoms with Gasteiger partial charge in [-0.25, -0.2) is 13.1 Å². The lowest BCUT2D eigenvalue weighted by atomic mass is 9.97. The summed E-state index contributed by atoms with van der Waals surface area (Å²) in [5.74, 6) is 0.257. The number of nitrogens with one attached hydrogen (secondary N) is 1. The summed E-state index contributed by atoms with van der Waals surface area (Å²) >= 11 is 9.30. The molecule has 0 radical (unpaired) electrons. The monoisotopic (exact) mass is 424 g/mol. The number of hydrogen-bond donors (Lipinski definition) is 1. The number of halogens is 2. The molecule has 1 aliphatic rings. The molecule has 1 N–H and O–H groups in total. The number of nitrogens with zero attached hydrogens (tertiary/aromatic N) is 1. The second-order valence-electron chi connectivity index (χ2n) is 6.07. The molecule has 1 saturated carbocycles. The Morgan fingerprint density at radius 1 is 1.35 bits per heavy atom. The second-order valence-corrected chi connectivity index (χ2v) is 9.10. The van der Waals surface area contributed by atoms with Crippen LogP contribution in [0.25, 0.3) is 0 Å².